The van der Waals surface area contributed by atoms with Crippen molar-refractivity contribution in [1.82, 2.24) is 15.0 Å². The van der Waals surface area contributed by atoms with E-state index in [1.165, 1.54) is 0 Å². The Balaban J connectivity index is 2.04. The average molecular weight is 269 g/mol. The molecule has 2 rings (SSSR count). The van der Waals surface area contributed by atoms with E-state index in [2.05, 4.69) is 27.2 Å². The maximum atomic E-state index is 5.95. The maximum absolute atomic E-state index is 5.95. The van der Waals surface area contributed by atoms with E-state index in [4.69, 9.17) is 11.6 Å². The summed E-state index contributed by atoms with van der Waals surface area (Å²) >= 11 is 7.56. The average Bonchev–Trinajstić information content (AvgIpc) is 2.79. The molecular weight excluding hydrogens is 256 g/mol. The minimum absolute atomic E-state index is 0.482. The summed E-state index contributed by atoms with van der Waals surface area (Å²) in [5, 5.41) is 3.70. The summed E-state index contributed by atoms with van der Waals surface area (Å²) < 4.78 is 0. The van der Waals surface area contributed by atoms with Crippen LogP contribution in [0.15, 0.2) is 17.8 Å². The van der Waals surface area contributed by atoms with E-state index in [9.17, 15) is 0 Å². The standard InChI is InChI=1S/C11H13ClN4S/c1-2-3-10-15-9(12)4-11(16-10)14-6-8-5-13-7-17-8/h4-5,7H,2-3,6H2,1H3,(H,14,15,16). The number of hydrogen-bond acceptors (Lipinski definition) is 5. The van der Waals surface area contributed by atoms with Gasteiger partial charge in [-0.25, -0.2) is 9.97 Å². The third-order valence-electron chi connectivity index (χ3n) is 2.14. The first kappa shape index (κ1) is 12.3. The Morgan fingerprint density at radius 2 is 2.29 bits per heavy atom. The van der Waals surface area contributed by atoms with Crippen LogP contribution < -0.4 is 5.32 Å². The molecule has 2 aromatic heterocycles. The molecule has 17 heavy (non-hydrogen) atoms. The van der Waals surface area contributed by atoms with Crippen molar-refractivity contribution in [1.29, 1.82) is 0 Å². The topological polar surface area (TPSA) is 50.7 Å². The fourth-order valence-electron chi connectivity index (χ4n) is 1.40. The number of rotatable bonds is 5. The first-order valence-corrected chi connectivity index (χ1v) is 6.68. The lowest BCUT2D eigenvalue weighted by atomic mass is 10.3. The molecule has 0 atom stereocenters. The van der Waals surface area contributed by atoms with Gasteiger partial charge >= 0.3 is 0 Å². The minimum Gasteiger partial charge on any atom is -0.365 e. The van der Waals surface area contributed by atoms with Crippen molar-refractivity contribution in [3.05, 3.63) is 33.6 Å². The highest BCUT2D eigenvalue weighted by molar-refractivity contribution is 7.09. The van der Waals surface area contributed by atoms with E-state index in [1.54, 1.807) is 17.4 Å². The molecule has 0 saturated heterocycles. The third-order valence-corrected chi connectivity index (χ3v) is 3.12. The van der Waals surface area contributed by atoms with Crippen molar-refractivity contribution in [2.75, 3.05) is 5.32 Å². The molecular formula is C11H13ClN4S. The van der Waals surface area contributed by atoms with Gasteiger partial charge in [0, 0.05) is 23.6 Å². The number of anilines is 1. The largest absolute Gasteiger partial charge is 0.365 e. The van der Waals surface area contributed by atoms with Gasteiger partial charge in [0.05, 0.1) is 12.1 Å². The summed E-state index contributed by atoms with van der Waals surface area (Å²) in [6.07, 6.45) is 3.69. The van der Waals surface area contributed by atoms with Crippen molar-refractivity contribution in [3.8, 4) is 0 Å². The Bertz CT molecular complexity index is 472. The lowest BCUT2D eigenvalue weighted by Gasteiger charge is -2.06. The van der Waals surface area contributed by atoms with E-state index in [0.717, 1.165) is 29.4 Å². The number of halogens is 1. The number of thiazole rings is 1. The maximum Gasteiger partial charge on any atom is 0.134 e. The lowest BCUT2D eigenvalue weighted by molar-refractivity contribution is 0.834. The molecule has 0 unspecified atom stereocenters. The van der Waals surface area contributed by atoms with Crippen LogP contribution >= 0.6 is 22.9 Å². The molecule has 0 fully saturated rings. The van der Waals surface area contributed by atoms with Gasteiger partial charge in [-0.05, 0) is 6.42 Å². The second-order valence-electron chi connectivity index (χ2n) is 3.56. The number of nitrogens with one attached hydrogen (secondary N) is 1. The van der Waals surface area contributed by atoms with Crippen LogP contribution in [-0.2, 0) is 13.0 Å². The van der Waals surface area contributed by atoms with Crippen molar-refractivity contribution < 1.29 is 0 Å². The number of hydrogen-bond donors (Lipinski definition) is 1. The van der Waals surface area contributed by atoms with Crippen LogP contribution in [0.3, 0.4) is 0 Å². The second-order valence-corrected chi connectivity index (χ2v) is 4.92. The van der Waals surface area contributed by atoms with Crippen LogP contribution in [0.5, 0.6) is 0 Å². The molecule has 2 heterocycles. The van der Waals surface area contributed by atoms with Crippen LogP contribution in [0.1, 0.15) is 24.0 Å². The molecule has 1 N–H and O–H groups in total. The quantitative estimate of drug-likeness (QED) is 0.847. The zero-order valence-corrected chi connectivity index (χ0v) is 11.1. The van der Waals surface area contributed by atoms with Gasteiger partial charge in [0.15, 0.2) is 0 Å². The predicted octanol–water partition coefficient (Wildman–Crippen LogP) is 3.15. The molecule has 0 aliphatic rings. The molecule has 6 heteroatoms. The zero-order valence-electron chi connectivity index (χ0n) is 9.48. The molecule has 0 aliphatic carbocycles. The summed E-state index contributed by atoms with van der Waals surface area (Å²) in [5.41, 5.74) is 1.81. The van der Waals surface area contributed by atoms with Crippen LogP contribution in [0.2, 0.25) is 5.15 Å². The van der Waals surface area contributed by atoms with Gasteiger partial charge in [-0.15, -0.1) is 11.3 Å². The normalized spacial score (nSPS) is 10.5. The smallest absolute Gasteiger partial charge is 0.134 e. The van der Waals surface area contributed by atoms with Gasteiger partial charge < -0.3 is 5.32 Å². The van der Waals surface area contributed by atoms with Gasteiger partial charge in [0.2, 0.25) is 0 Å². The highest BCUT2D eigenvalue weighted by Crippen LogP contribution is 2.14. The van der Waals surface area contributed by atoms with E-state index in [-0.39, 0.29) is 0 Å². The summed E-state index contributed by atoms with van der Waals surface area (Å²) in [4.78, 5) is 13.8. The highest BCUT2D eigenvalue weighted by atomic mass is 35.5. The van der Waals surface area contributed by atoms with Crippen molar-refractivity contribution in [2.24, 2.45) is 0 Å². The van der Waals surface area contributed by atoms with Gasteiger partial charge in [-0.1, -0.05) is 18.5 Å². The van der Waals surface area contributed by atoms with Crippen LogP contribution in [0.25, 0.3) is 0 Å². The molecule has 2 aromatic rings. The van der Waals surface area contributed by atoms with E-state index >= 15 is 0 Å². The highest BCUT2D eigenvalue weighted by Gasteiger charge is 2.03. The first-order chi connectivity index (χ1) is 8.28. The molecule has 0 saturated carbocycles. The zero-order chi connectivity index (χ0) is 12.1. The molecule has 4 nitrogen and oxygen atoms in total. The lowest BCUT2D eigenvalue weighted by Crippen LogP contribution is -2.03. The molecule has 90 valence electrons. The Morgan fingerprint density at radius 1 is 1.41 bits per heavy atom. The van der Waals surface area contributed by atoms with Gasteiger partial charge in [0.25, 0.3) is 0 Å². The summed E-state index contributed by atoms with van der Waals surface area (Å²) in [5.74, 6) is 1.55. The van der Waals surface area contributed by atoms with Crippen LogP contribution in [0.4, 0.5) is 5.82 Å². The number of aromatic nitrogens is 3. The Kier molecular flexibility index (Phi) is 4.28. The fraction of sp³-hybridized carbons (Fsp3) is 0.364. The van der Waals surface area contributed by atoms with Crippen LogP contribution in [0, 0.1) is 0 Å². The van der Waals surface area contributed by atoms with E-state index in [1.807, 2.05) is 11.7 Å². The predicted molar refractivity (Wildman–Crippen MR) is 70.5 cm³/mol. The molecule has 0 aliphatic heterocycles. The summed E-state index contributed by atoms with van der Waals surface area (Å²) in [7, 11) is 0. The van der Waals surface area contributed by atoms with Crippen LogP contribution in [-0.4, -0.2) is 15.0 Å². The van der Waals surface area contributed by atoms with Gasteiger partial charge in [-0.2, -0.15) is 0 Å². The second kappa shape index (κ2) is 5.93. The molecule has 0 bridgehead atoms. The first-order valence-electron chi connectivity index (χ1n) is 5.42. The SMILES string of the molecule is CCCc1nc(Cl)cc(NCc2cncs2)n1. The fourth-order valence-corrected chi connectivity index (χ4v) is 2.13. The summed E-state index contributed by atoms with van der Waals surface area (Å²) in [6.45, 7) is 2.80. The molecule has 0 aromatic carbocycles. The molecule has 0 spiro atoms. The Hall–Kier alpha value is -1.20. The van der Waals surface area contributed by atoms with Crippen molar-refractivity contribution >= 4 is 28.8 Å². The number of nitrogens with zero attached hydrogens (tertiary/aromatic N) is 3. The Labute approximate surface area is 109 Å². The Morgan fingerprint density at radius 3 is 3.00 bits per heavy atom. The minimum atomic E-state index is 0.482. The molecule has 0 amide bonds. The van der Waals surface area contributed by atoms with Crippen molar-refractivity contribution in [3.63, 3.8) is 0 Å². The third kappa shape index (κ3) is 3.64. The van der Waals surface area contributed by atoms with E-state index in [0.29, 0.717) is 11.7 Å². The number of aryl methyl sites for hydroxylation is 1. The van der Waals surface area contributed by atoms with E-state index < -0.39 is 0 Å². The summed E-state index contributed by atoms with van der Waals surface area (Å²) in [6, 6.07) is 1.74. The van der Waals surface area contributed by atoms with Gasteiger partial charge in [0.1, 0.15) is 16.8 Å². The van der Waals surface area contributed by atoms with Gasteiger partial charge in [-0.3, -0.25) is 4.98 Å². The van der Waals surface area contributed by atoms with Crippen molar-refractivity contribution in [2.45, 2.75) is 26.3 Å². The monoisotopic (exact) mass is 268 g/mol. The molecule has 0 radical (unpaired) electrons.